The van der Waals surface area contributed by atoms with Crippen molar-refractivity contribution in [1.82, 2.24) is 10.2 Å². The molecule has 5 heteroatoms. The van der Waals surface area contributed by atoms with Gasteiger partial charge in [0.2, 0.25) is 5.89 Å². The van der Waals surface area contributed by atoms with Gasteiger partial charge in [0.05, 0.1) is 6.04 Å². The number of anilines is 2. The van der Waals surface area contributed by atoms with Gasteiger partial charge in [0.1, 0.15) is 0 Å². The van der Waals surface area contributed by atoms with Crippen LogP contribution in [0.15, 0.2) is 22.6 Å². The first-order chi connectivity index (χ1) is 8.06. The molecule has 0 radical (unpaired) electrons. The average molecular weight is 232 g/mol. The third-order valence-corrected chi connectivity index (χ3v) is 2.45. The first-order valence-electron chi connectivity index (χ1n) is 5.49. The summed E-state index contributed by atoms with van der Waals surface area (Å²) in [5.74, 6) is 0.428. The van der Waals surface area contributed by atoms with Gasteiger partial charge in [-0.1, -0.05) is 22.8 Å². The maximum Gasteiger partial charge on any atom is 0.320 e. The lowest BCUT2D eigenvalue weighted by atomic mass is 10.1. The smallest absolute Gasteiger partial charge is 0.320 e. The van der Waals surface area contributed by atoms with Crippen LogP contribution in [-0.4, -0.2) is 10.2 Å². The van der Waals surface area contributed by atoms with E-state index < -0.39 is 0 Å². The van der Waals surface area contributed by atoms with Gasteiger partial charge in [0, 0.05) is 5.69 Å². The molecule has 0 spiro atoms. The van der Waals surface area contributed by atoms with Crippen molar-refractivity contribution in [2.24, 2.45) is 5.73 Å². The van der Waals surface area contributed by atoms with Crippen LogP contribution in [0, 0.1) is 13.8 Å². The number of aryl methyl sites for hydroxylation is 2. The van der Waals surface area contributed by atoms with Gasteiger partial charge in [0.25, 0.3) is 0 Å². The van der Waals surface area contributed by atoms with E-state index >= 15 is 0 Å². The van der Waals surface area contributed by atoms with Gasteiger partial charge in [-0.3, -0.25) is 0 Å². The minimum absolute atomic E-state index is 0.253. The van der Waals surface area contributed by atoms with Crippen LogP contribution in [-0.2, 0) is 0 Å². The predicted molar refractivity (Wildman–Crippen MR) is 66.1 cm³/mol. The monoisotopic (exact) mass is 232 g/mol. The summed E-state index contributed by atoms with van der Waals surface area (Å²) in [4.78, 5) is 0. The number of rotatable bonds is 3. The maximum absolute atomic E-state index is 5.65. The molecule has 1 heterocycles. The molecule has 17 heavy (non-hydrogen) atoms. The van der Waals surface area contributed by atoms with Crippen LogP contribution in [0.3, 0.4) is 0 Å². The molecule has 0 fully saturated rings. The van der Waals surface area contributed by atoms with Crippen LogP contribution >= 0.6 is 0 Å². The van der Waals surface area contributed by atoms with Crippen molar-refractivity contribution in [3.63, 3.8) is 0 Å². The molecule has 0 saturated carbocycles. The molecule has 1 aromatic heterocycles. The Balaban J connectivity index is 2.19. The van der Waals surface area contributed by atoms with E-state index in [9.17, 15) is 0 Å². The van der Waals surface area contributed by atoms with E-state index in [-0.39, 0.29) is 6.04 Å². The Labute approximate surface area is 100 Å². The summed E-state index contributed by atoms with van der Waals surface area (Å²) in [5.41, 5.74) is 8.95. The van der Waals surface area contributed by atoms with E-state index in [1.165, 1.54) is 5.56 Å². The summed E-state index contributed by atoms with van der Waals surface area (Å²) in [6.07, 6.45) is 0. The van der Waals surface area contributed by atoms with Crippen molar-refractivity contribution in [3.8, 4) is 0 Å². The van der Waals surface area contributed by atoms with E-state index in [0.717, 1.165) is 11.3 Å². The van der Waals surface area contributed by atoms with E-state index in [0.29, 0.717) is 11.9 Å². The fourth-order valence-electron chi connectivity index (χ4n) is 1.54. The van der Waals surface area contributed by atoms with Gasteiger partial charge in [-0.15, -0.1) is 5.10 Å². The molecule has 0 bridgehead atoms. The molecule has 1 aromatic carbocycles. The highest BCUT2D eigenvalue weighted by atomic mass is 16.4. The molecular formula is C12H16N4O. The van der Waals surface area contributed by atoms with Gasteiger partial charge in [-0.25, -0.2) is 0 Å². The van der Waals surface area contributed by atoms with Gasteiger partial charge in [-0.2, -0.15) is 0 Å². The third-order valence-electron chi connectivity index (χ3n) is 2.45. The number of nitrogens with zero attached hydrogens (tertiary/aromatic N) is 2. The second-order valence-corrected chi connectivity index (χ2v) is 4.18. The molecule has 0 aliphatic heterocycles. The zero-order valence-electron chi connectivity index (χ0n) is 10.2. The highest BCUT2D eigenvalue weighted by Crippen LogP contribution is 2.21. The summed E-state index contributed by atoms with van der Waals surface area (Å²) in [6.45, 7) is 5.88. The lowest BCUT2D eigenvalue weighted by Crippen LogP contribution is -2.04. The molecule has 0 aliphatic carbocycles. The Morgan fingerprint density at radius 1 is 1.29 bits per heavy atom. The molecule has 0 aliphatic rings. The summed E-state index contributed by atoms with van der Waals surface area (Å²) >= 11 is 0. The molecule has 2 aromatic rings. The topological polar surface area (TPSA) is 77.0 Å². The minimum Gasteiger partial charge on any atom is -0.406 e. The highest BCUT2D eigenvalue weighted by Gasteiger charge is 2.10. The maximum atomic E-state index is 5.65. The minimum atomic E-state index is -0.253. The Morgan fingerprint density at radius 3 is 2.65 bits per heavy atom. The van der Waals surface area contributed by atoms with Crippen molar-refractivity contribution in [3.05, 3.63) is 35.2 Å². The summed E-state index contributed by atoms with van der Waals surface area (Å²) in [6, 6.07) is 6.21. The Morgan fingerprint density at radius 2 is 2.06 bits per heavy atom. The van der Waals surface area contributed by atoms with Gasteiger partial charge < -0.3 is 15.5 Å². The first kappa shape index (κ1) is 11.6. The molecule has 90 valence electrons. The zero-order chi connectivity index (χ0) is 12.4. The molecule has 2 rings (SSSR count). The number of benzene rings is 1. The van der Waals surface area contributed by atoms with Gasteiger partial charge in [-0.05, 0) is 32.4 Å². The molecule has 5 nitrogen and oxygen atoms in total. The lowest BCUT2D eigenvalue weighted by Gasteiger charge is -2.06. The fourth-order valence-corrected chi connectivity index (χ4v) is 1.54. The second kappa shape index (κ2) is 4.55. The van der Waals surface area contributed by atoms with Gasteiger partial charge >= 0.3 is 6.01 Å². The number of nitrogens with one attached hydrogen (secondary N) is 1. The fraction of sp³-hybridized carbons (Fsp3) is 0.333. The SMILES string of the molecule is Cc1ccc(Nc2nnc(C(C)N)o2)c(C)c1. The van der Waals surface area contributed by atoms with Gasteiger partial charge in [0.15, 0.2) is 0 Å². The van der Waals surface area contributed by atoms with Crippen molar-refractivity contribution in [2.75, 3.05) is 5.32 Å². The van der Waals surface area contributed by atoms with Crippen LogP contribution in [0.25, 0.3) is 0 Å². The van der Waals surface area contributed by atoms with Crippen molar-refractivity contribution < 1.29 is 4.42 Å². The highest BCUT2D eigenvalue weighted by molar-refractivity contribution is 5.57. The Bertz CT molecular complexity index is 519. The Hall–Kier alpha value is -1.88. The zero-order valence-corrected chi connectivity index (χ0v) is 10.2. The summed E-state index contributed by atoms with van der Waals surface area (Å²) < 4.78 is 5.38. The average Bonchev–Trinajstić information content (AvgIpc) is 2.71. The van der Waals surface area contributed by atoms with Crippen molar-refractivity contribution in [1.29, 1.82) is 0 Å². The second-order valence-electron chi connectivity index (χ2n) is 4.18. The Kier molecular flexibility index (Phi) is 3.10. The molecular weight excluding hydrogens is 216 g/mol. The van der Waals surface area contributed by atoms with Crippen LogP contribution in [0.2, 0.25) is 0 Å². The quantitative estimate of drug-likeness (QED) is 0.850. The standard InChI is InChI=1S/C12H16N4O/c1-7-4-5-10(8(2)6-7)14-12-16-15-11(17-12)9(3)13/h4-6,9H,13H2,1-3H3,(H,14,16). The van der Waals surface area contributed by atoms with Crippen LogP contribution in [0.4, 0.5) is 11.7 Å². The van der Waals surface area contributed by atoms with Crippen LogP contribution in [0.1, 0.15) is 30.0 Å². The molecule has 0 amide bonds. The van der Waals surface area contributed by atoms with E-state index in [4.69, 9.17) is 10.2 Å². The number of hydrogen-bond donors (Lipinski definition) is 2. The van der Waals surface area contributed by atoms with E-state index in [1.807, 2.05) is 19.1 Å². The normalized spacial score (nSPS) is 12.5. The van der Waals surface area contributed by atoms with Crippen molar-refractivity contribution >= 4 is 11.7 Å². The lowest BCUT2D eigenvalue weighted by molar-refractivity contribution is 0.475. The van der Waals surface area contributed by atoms with E-state index in [1.54, 1.807) is 6.92 Å². The molecule has 0 saturated heterocycles. The number of nitrogens with two attached hydrogens (primary N) is 1. The molecule has 3 N–H and O–H groups in total. The molecule has 1 atom stereocenters. The predicted octanol–water partition coefficient (Wildman–Crippen LogP) is 2.45. The molecule has 1 unspecified atom stereocenters. The van der Waals surface area contributed by atoms with Crippen LogP contribution < -0.4 is 11.1 Å². The van der Waals surface area contributed by atoms with Crippen LogP contribution in [0.5, 0.6) is 0 Å². The number of hydrogen-bond acceptors (Lipinski definition) is 5. The van der Waals surface area contributed by atoms with E-state index in [2.05, 4.69) is 28.5 Å². The third kappa shape index (κ3) is 2.62. The summed E-state index contributed by atoms with van der Waals surface area (Å²) in [5, 5.41) is 10.8. The number of aromatic nitrogens is 2. The summed E-state index contributed by atoms with van der Waals surface area (Å²) in [7, 11) is 0. The first-order valence-corrected chi connectivity index (χ1v) is 5.49. The van der Waals surface area contributed by atoms with Crippen molar-refractivity contribution in [2.45, 2.75) is 26.8 Å². The largest absolute Gasteiger partial charge is 0.406 e.